The summed E-state index contributed by atoms with van der Waals surface area (Å²) in [7, 11) is 2.16. The molecule has 0 radical (unpaired) electrons. The molecule has 1 unspecified atom stereocenters. The molecule has 0 aromatic rings. The monoisotopic (exact) mass is 270 g/mol. The summed E-state index contributed by atoms with van der Waals surface area (Å²) in [5, 5.41) is 13.5. The summed E-state index contributed by atoms with van der Waals surface area (Å²) in [6, 6.07) is 0.673. The number of likely N-dealkylation sites (N-methyl/N-ethyl adjacent to an activating group) is 1. The second kappa shape index (κ2) is 7.61. The predicted octanol–water partition coefficient (Wildman–Crippen LogP) is 2.64. The number of β-amino-alcohol motifs (C(OH)–C–C–N with tert-alkyl or cyclic N) is 1. The Bertz CT molecular complexity index is 242. The molecule has 0 saturated heterocycles. The maximum atomic E-state index is 10.1. The molecular formula is C16H34N2O. The van der Waals surface area contributed by atoms with Gasteiger partial charge in [0.05, 0.1) is 6.10 Å². The van der Waals surface area contributed by atoms with Gasteiger partial charge in [-0.15, -0.1) is 0 Å². The fourth-order valence-corrected chi connectivity index (χ4v) is 2.96. The van der Waals surface area contributed by atoms with Crippen molar-refractivity contribution in [2.45, 2.75) is 77.5 Å². The predicted molar refractivity (Wildman–Crippen MR) is 82.4 cm³/mol. The van der Waals surface area contributed by atoms with Gasteiger partial charge in [-0.3, -0.25) is 0 Å². The Labute approximate surface area is 119 Å². The first-order valence-corrected chi connectivity index (χ1v) is 7.95. The largest absolute Gasteiger partial charge is 0.390 e. The van der Waals surface area contributed by atoms with Gasteiger partial charge in [0.2, 0.25) is 0 Å². The Kier molecular flexibility index (Phi) is 6.78. The first kappa shape index (κ1) is 16.9. The molecule has 0 spiro atoms. The highest BCUT2D eigenvalue weighted by Crippen LogP contribution is 2.28. The second-order valence-electron chi connectivity index (χ2n) is 7.31. The van der Waals surface area contributed by atoms with Crippen molar-refractivity contribution in [2.24, 2.45) is 5.92 Å². The van der Waals surface area contributed by atoms with E-state index in [1.807, 2.05) is 0 Å². The molecule has 0 aliphatic heterocycles. The third kappa shape index (κ3) is 6.73. The lowest BCUT2D eigenvalue weighted by Crippen LogP contribution is -2.46. The summed E-state index contributed by atoms with van der Waals surface area (Å²) in [5.41, 5.74) is 0.0821. The maximum Gasteiger partial charge on any atom is 0.0791 e. The Morgan fingerprint density at radius 3 is 2.26 bits per heavy atom. The van der Waals surface area contributed by atoms with E-state index in [1.165, 1.54) is 32.1 Å². The van der Waals surface area contributed by atoms with Crippen molar-refractivity contribution in [3.05, 3.63) is 0 Å². The van der Waals surface area contributed by atoms with E-state index in [-0.39, 0.29) is 11.6 Å². The maximum absolute atomic E-state index is 10.1. The molecule has 0 heterocycles. The molecule has 1 aliphatic carbocycles. The molecule has 2 N–H and O–H groups in total. The standard InChI is InChI=1S/C16H34N2O/c1-6-13-7-9-14(10-8-13)18(5)12-15(19)11-17-16(2,3)4/h13-15,17,19H,6-12H2,1-5H3. The number of aliphatic hydroxyl groups excluding tert-OH is 1. The zero-order valence-electron chi connectivity index (χ0n) is 13.6. The highest BCUT2D eigenvalue weighted by molar-refractivity contribution is 4.80. The quantitative estimate of drug-likeness (QED) is 0.779. The van der Waals surface area contributed by atoms with Gasteiger partial charge in [-0.05, 0) is 59.4 Å². The third-order valence-corrected chi connectivity index (χ3v) is 4.38. The number of rotatable bonds is 6. The first-order valence-electron chi connectivity index (χ1n) is 7.95. The molecule has 19 heavy (non-hydrogen) atoms. The van der Waals surface area contributed by atoms with Crippen molar-refractivity contribution in [2.75, 3.05) is 20.1 Å². The lowest BCUT2D eigenvalue weighted by Gasteiger charge is -2.35. The zero-order valence-corrected chi connectivity index (χ0v) is 13.6. The Balaban J connectivity index is 2.25. The SMILES string of the molecule is CCC1CCC(N(C)CC(O)CNC(C)(C)C)CC1. The molecule has 1 rings (SSSR count). The van der Waals surface area contributed by atoms with Crippen molar-refractivity contribution in [3.8, 4) is 0 Å². The van der Waals surface area contributed by atoms with Crippen LogP contribution in [0, 0.1) is 5.92 Å². The van der Waals surface area contributed by atoms with E-state index in [0.29, 0.717) is 12.6 Å². The molecule has 3 heteroatoms. The van der Waals surface area contributed by atoms with Gasteiger partial charge in [-0.2, -0.15) is 0 Å². The van der Waals surface area contributed by atoms with E-state index in [0.717, 1.165) is 12.5 Å². The minimum absolute atomic E-state index is 0.0821. The fourth-order valence-electron chi connectivity index (χ4n) is 2.96. The lowest BCUT2D eigenvalue weighted by atomic mass is 9.84. The smallest absolute Gasteiger partial charge is 0.0791 e. The van der Waals surface area contributed by atoms with Crippen LogP contribution >= 0.6 is 0 Å². The molecule has 0 amide bonds. The fraction of sp³-hybridized carbons (Fsp3) is 1.00. The van der Waals surface area contributed by atoms with Gasteiger partial charge >= 0.3 is 0 Å². The average Bonchev–Trinajstić information content (AvgIpc) is 2.35. The summed E-state index contributed by atoms with van der Waals surface area (Å²) in [4.78, 5) is 2.36. The van der Waals surface area contributed by atoms with Crippen LogP contribution < -0.4 is 5.32 Å². The summed E-state index contributed by atoms with van der Waals surface area (Å²) >= 11 is 0. The van der Waals surface area contributed by atoms with Crippen LogP contribution in [0.15, 0.2) is 0 Å². The van der Waals surface area contributed by atoms with Crippen molar-refractivity contribution < 1.29 is 5.11 Å². The number of nitrogens with zero attached hydrogens (tertiary/aromatic N) is 1. The highest BCUT2D eigenvalue weighted by Gasteiger charge is 2.24. The molecule has 114 valence electrons. The second-order valence-corrected chi connectivity index (χ2v) is 7.31. The van der Waals surface area contributed by atoms with E-state index in [1.54, 1.807) is 0 Å². The minimum atomic E-state index is -0.270. The van der Waals surface area contributed by atoms with Crippen LogP contribution in [0.2, 0.25) is 0 Å². The van der Waals surface area contributed by atoms with Crippen molar-refractivity contribution in [3.63, 3.8) is 0 Å². The normalized spacial score (nSPS) is 26.7. The zero-order chi connectivity index (χ0) is 14.5. The van der Waals surface area contributed by atoms with Crippen LogP contribution in [0.3, 0.4) is 0 Å². The average molecular weight is 270 g/mol. The van der Waals surface area contributed by atoms with Gasteiger partial charge in [0.1, 0.15) is 0 Å². The van der Waals surface area contributed by atoms with Crippen molar-refractivity contribution in [1.29, 1.82) is 0 Å². The summed E-state index contributed by atoms with van der Waals surface area (Å²) in [6.07, 6.45) is 6.38. The number of nitrogens with one attached hydrogen (secondary N) is 1. The summed E-state index contributed by atoms with van der Waals surface area (Å²) in [6.45, 7) is 10.2. The summed E-state index contributed by atoms with van der Waals surface area (Å²) in [5.74, 6) is 0.942. The molecule has 1 aliphatic rings. The number of hydrogen-bond acceptors (Lipinski definition) is 3. The van der Waals surface area contributed by atoms with Gasteiger partial charge in [-0.1, -0.05) is 13.3 Å². The Morgan fingerprint density at radius 2 is 1.79 bits per heavy atom. The molecule has 3 nitrogen and oxygen atoms in total. The van der Waals surface area contributed by atoms with Crippen LogP contribution in [-0.2, 0) is 0 Å². The summed E-state index contributed by atoms with van der Waals surface area (Å²) < 4.78 is 0. The van der Waals surface area contributed by atoms with Gasteiger partial charge in [0.25, 0.3) is 0 Å². The number of aliphatic hydroxyl groups is 1. The lowest BCUT2D eigenvalue weighted by molar-refractivity contribution is 0.0797. The van der Waals surface area contributed by atoms with Gasteiger partial charge in [0, 0.05) is 24.7 Å². The Morgan fingerprint density at radius 1 is 1.21 bits per heavy atom. The Hall–Kier alpha value is -0.120. The molecule has 0 aromatic heterocycles. The number of hydrogen-bond donors (Lipinski definition) is 2. The van der Waals surface area contributed by atoms with Crippen molar-refractivity contribution in [1.82, 2.24) is 10.2 Å². The van der Waals surface area contributed by atoms with E-state index in [9.17, 15) is 5.11 Å². The molecule has 0 bridgehead atoms. The third-order valence-electron chi connectivity index (χ3n) is 4.38. The van der Waals surface area contributed by atoms with Crippen LogP contribution in [0.1, 0.15) is 59.8 Å². The van der Waals surface area contributed by atoms with Crippen LogP contribution in [0.5, 0.6) is 0 Å². The van der Waals surface area contributed by atoms with Gasteiger partial charge < -0.3 is 15.3 Å². The van der Waals surface area contributed by atoms with Crippen LogP contribution in [-0.4, -0.2) is 47.8 Å². The van der Waals surface area contributed by atoms with Crippen LogP contribution in [0.25, 0.3) is 0 Å². The topological polar surface area (TPSA) is 35.5 Å². The van der Waals surface area contributed by atoms with E-state index in [2.05, 4.69) is 45.0 Å². The molecule has 0 aromatic carbocycles. The molecule has 1 saturated carbocycles. The molecule has 1 fully saturated rings. The van der Waals surface area contributed by atoms with E-state index < -0.39 is 0 Å². The van der Waals surface area contributed by atoms with Gasteiger partial charge in [0.15, 0.2) is 0 Å². The van der Waals surface area contributed by atoms with Crippen LogP contribution in [0.4, 0.5) is 0 Å². The molecular weight excluding hydrogens is 236 g/mol. The first-order chi connectivity index (χ1) is 8.81. The van der Waals surface area contributed by atoms with E-state index in [4.69, 9.17) is 0 Å². The van der Waals surface area contributed by atoms with Crippen molar-refractivity contribution >= 4 is 0 Å². The van der Waals surface area contributed by atoms with Gasteiger partial charge in [-0.25, -0.2) is 0 Å². The highest BCUT2D eigenvalue weighted by atomic mass is 16.3. The minimum Gasteiger partial charge on any atom is -0.390 e. The molecule has 1 atom stereocenters. The van der Waals surface area contributed by atoms with E-state index >= 15 is 0 Å².